The van der Waals surface area contributed by atoms with E-state index in [9.17, 15) is 4.79 Å². The Balaban J connectivity index is 1.63. The monoisotopic (exact) mass is 377 g/mol. The molecule has 146 valence electrons. The van der Waals surface area contributed by atoms with Crippen molar-refractivity contribution in [2.45, 2.75) is 38.8 Å². The standard InChI is InChI=1S/C22H27N5O/c1-14(25-15(2)28)16-3-5-17(6-4-16)20-13-21(26-18-7-10-23-11-8-18)27-22-19(20)9-12-24-22/h3-6,9,12-14,18,23H,7-8,10-11H2,1-2H3,(H,25,28)(H2,24,26,27). The van der Waals surface area contributed by atoms with Crippen molar-refractivity contribution in [2.24, 2.45) is 0 Å². The Morgan fingerprint density at radius 2 is 1.93 bits per heavy atom. The first kappa shape index (κ1) is 18.5. The molecule has 1 atom stereocenters. The highest BCUT2D eigenvalue weighted by molar-refractivity contribution is 5.94. The zero-order valence-corrected chi connectivity index (χ0v) is 16.4. The largest absolute Gasteiger partial charge is 0.367 e. The average molecular weight is 377 g/mol. The minimum absolute atomic E-state index is 0.00611. The number of H-pyrrole nitrogens is 1. The molecule has 1 saturated heterocycles. The van der Waals surface area contributed by atoms with Crippen LogP contribution in [-0.4, -0.2) is 35.0 Å². The molecule has 28 heavy (non-hydrogen) atoms. The highest BCUT2D eigenvalue weighted by atomic mass is 16.1. The number of benzene rings is 1. The summed E-state index contributed by atoms with van der Waals surface area (Å²) < 4.78 is 0. The minimum atomic E-state index is -0.0200. The summed E-state index contributed by atoms with van der Waals surface area (Å²) in [5.41, 5.74) is 4.27. The first-order valence-electron chi connectivity index (χ1n) is 9.93. The van der Waals surface area contributed by atoms with Crippen LogP contribution in [0.25, 0.3) is 22.2 Å². The Morgan fingerprint density at radius 3 is 2.64 bits per heavy atom. The van der Waals surface area contributed by atoms with Crippen LogP contribution in [-0.2, 0) is 4.79 Å². The molecule has 0 saturated carbocycles. The Bertz CT molecular complexity index is 957. The van der Waals surface area contributed by atoms with Crippen LogP contribution < -0.4 is 16.0 Å². The lowest BCUT2D eigenvalue weighted by Gasteiger charge is -2.24. The van der Waals surface area contributed by atoms with Crippen molar-refractivity contribution >= 4 is 22.8 Å². The Hall–Kier alpha value is -2.86. The molecule has 1 aliphatic heterocycles. The number of carbonyl (C=O) groups excluding carboxylic acids is 1. The summed E-state index contributed by atoms with van der Waals surface area (Å²) in [5.74, 6) is 0.890. The second-order valence-electron chi connectivity index (χ2n) is 7.51. The van der Waals surface area contributed by atoms with Crippen molar-refractivity contribution in [2.75, 3.05) is 18.4 Å². The predicted octanol–water partition coefficient (Wildman–Crippen LogP) is 3.59. The maximum absolute atomic E-state index is 11.3. The van der Waals surface area contributed by atoms with Crippen molar-refractivity contribution in [1.29, 1.82) is 0 Å². The van der Waals surface area contributed by atoms with Gasteiger partial charge in [-0.3, -0.25) is 4.79 Å². The highest BCUT2D eigenvalue weighted by Crippen LogP contribution is 2.31. The molecule has 3 heterocycles. The van der Waals surface area contributed by atoms with Gasteiger partial charge in [0.2, 0.25) is 5.91 Å². The molecule has 0 aliphatic carbocycles. The van der Waals surface area contributed by atoms with E-state index in [1.165, 1.54) is 0 Å². The second-order valence-corrected chi connectivity index (χ2v) is 7.51. The van der Waals surface area contributed by atoms with Gasteiger partial charge >= 0.3 is 0 Å². The van der Waals surface area contributed by atoms with Crippen LogP contribution >= 0.6 is 0 Å². The number of amides is 1. The van der Waals surface area contributed by atoms with Gasteiger partial charge in [-0.05, 0) is 61.7 Å². The van der Waals surface area contributed by atoms with Gasteiger partial charge in [0, 0.05) is 24.5 Å². The smallest absolute Gasteiger partial charge is 0.217 e. The lowest BCUT2D eigenvalue weighted by Crippen LogP contribution is -2.35. The first-order chi connectivity index (χ1) is 13.6. The lowest BCUT2D eigenvalue weighted by atomic mass is 9.99. The van der Waals surface area contributed by atoms with Crippen LogP contribution in [0.1, 0.15) is 38.3 Å². The van der Waals surface area contributed by atoms with Gasteiger partial charge in [-0.1, -0.05) is 24.3 Å². The van der Waals surface area contributed by atoms with E-state index in [-0.39, 0.29) is 11.9 Å². The quantitative estimate of drug-likeness (QED) is 0.548. The molecular formula is C22H27N5O. The van der Waals surface area contributed by atoms with Crippen molar-refractivity contribution in [3.63, 3.8) is 0 Å². The molecule has 1 unspecified atom stereocenters. The molecule has 1 aromatic carbocycles. The van der Waals surface area contributed by atoms with E-state index in [0.29, 0.717) is 6.04 Å². The maximum atomic E-state index is 11.3. The van der Waals surface area contributed by atoms with Crippen LogP contribution in [0, 0.1) is 0 Å². The molecule has 1 aliphatic rings. The van der Waals surface area contributed by atoms with Crippen molar-refractivity contribution < 1.29 is 4.79 Å². The van der Waals surface area contributed by atoms with Gasteiger partial charge in [0.15, 0.2) is 0 Å². The Kier molecular flexibility index (Phi) is 5.30. The van der Waals surface area contributed by atoms with Gasteiger partial charge in [0.25, 0.3) is 0 Å². The number of anilines is 1. The van der Waals surface area contributed by atoms with E-state index in [4.69, 9.17) is 4.98 Å². The van der Waals surface area contributed by atoms with Crippen LogP contribution in [0.3, 0.4) is 0 Å². The number of nitrogens with zero attached hydrogens (tertiary/aromatic N) is 1. The number of fused-ring (bicyclic) bond motifs is 1. The van der Waals surface area contributed by atoms with Crippen molar-refractivity contribution in [3.05, 3.63) is 48.2 Å². The predicted molar refractivity (Wildman–Crippen MR) is 113 cm³/mol. The number of aromatic nitrogens is 2. The van der Waals surface area contributed by atoms with Crippen molar-refractivity contribution in [1.82, 2.24) is 20.6 Å². The Morgan fingerprint density at radius 1 is 1.18 bits per heavy atom. The maximum Gasteiger partial charge on any atom is 0.217 e. The molecule has 0 bridgehead atoms. The van der Waals surface area contributed by atoms with Crippen LogP contribution in [0.5, 0.6) is 0 Å². The molecule has 0 spiro atoms. The van der Waals surface area contributed by atoms with Crippen LogP contribution in [0.2, 0.25) is 0 Å². The van der Waals surface area contributed by atoms with E-state index < -0.39 is 0 Å². The van der Waals surface area contributed by atoms with E-state index in [0.717, 1.165) is 59.5 Å². The zero-order valence-electron chi connectivity index (χ0n) is 16.4. The van der Waals surface area contributed by atoms with Gasteiger partial charge in [-0.25, -0.2) is 4.98 Å². The third kappa shape index (κ3) is 4.02. The summed E-state index contributed by atoms with van der Waals surface area (Å²) in [6.45, 7) is 5.63. The summed E-state index contributed by atoms with van der Waals surface area (Å²) in [6.07, 6.45) is 4.15. The third-order valence-electron chi connectivity index (χ3n) is 5.36. The van der Waals surface area contributed by atoms with Crippen LogP contribution in [0.4, 0.5) is 5.82 Å². The van der Waals surface area contributed by atoms with Gasteiger partial charge in [0.05, 0.1) is 6.04 Å². The highest BCUT2D eigenvalue weighted by Gasteiger charge is 2.15. The molecule has 4 rings (SSSR count). The number of carbonyl (C=O) groups is 1. The number of hydrogen-bond acceptors (Lipinski definition) is 4. The molecule has 3 aromatic rings. The average Bonchev–Trinajstić information content (AvgIpc) is 3.16. The lowest BCUT2D eigenvalue weighted by molar-refractivity contribution is -0.119. The Labute approximate surface area is 165 Å². The van der Waals surface area contributed by atoms with E-state index in [1.807, 2.05) is 13.1 Å². The number of piperidine rings is 1. The summed E-state index contributed by atoms with van der Waals surface area (Å²) in [4.78, 5) is 19.3. The summed E-state index contributed by atoms with van der Waals surface area (Å²) in [6, 6.07) is 13.0. The molecule has 2 aromatic heterocycles. The van der Waals surface area contributed by atoms with E-state index >= 15 is 0 Å². The topological polar surface area (TPSA) is 81.8 Å². The molecule has 1 fully saturated rings. The summed E-state index contributed by atoms with van der Waals surface area (Å²) in [7, 11) is 0. The number of rotatable bonds is 5. The molecule has 6 nitrogen and oxygen atoms in total. The summed E-state index contributed by atoms with van der Waals surface area (Å²) in [5, 5.41) is 11.0. The second kappa shape index (κ2) is 8.02. The summed E-state index contributed by atoms with van der Waals surface area (Å²) >= 11 is 0. The normalized spacial score (nSPS) is 16.1. The SMILES string of the molecule is CC(=O)NC(C)c1ccc(-c2cc(NC3CCNCC3)nc3[nH]ccc23)cc1. The third-order valence-corrected chi connectivity index (χ3v) is 5.36. The van der Waals surface area contributed by atoms with E-state index in [1.54, 1.807) is 6.92 Å². The fourth-order valence-electron chi connectivity index (χ4n) is 3.87. The van der Waals surface area contributed by atoms with Gasteiger partial charge in [0.1, 0.15) is 11.5 Å². The fourth-order valence-corrected chi connectivity index (χ4v) is 3.87. The first-order valence-corrected chi connectivity index (χ1v) is 9.93. The molecule has 6 heteroatoms. The number of nitrogens with one attached hydrogen (secondary N) is 4. The van der Waals surface area contributed by atoms with E-state index in [2.05, 4.69) is 57.3 Å². The molecule has 1 amide bonds. The molecule has 4 N–H and O–H groups in total. The van der Waals surface area contributed by atoms with Gasteiger partial charge in [-0.2, -0.15) is 0 Å². The number of hydrogen-bond donors (Lipinski definition) is 4. The van der Waals surface area contributed by atoms with Gasteiger partial charge in [-0.15, -0.1) is 0 Å². The zero-order chi connectivity index (χ0) is 19.5. The molecular weight excluding hydrogens is 350 g/mol. The number of pyridine rings is 1. The van der Waals surface area contributed by atoms with Crippen molar-refractivity contribution in [3.8, 4) is 11.1 Å². The number of aromatic amines is 1. The molecule has 0 radical (unpaired) electrons. The minimum Gasteiger partial charge on any atom is -0.367 e. The fraction of sp³-hybridized carbons (Fsp3) is 0.364. The van der Waals surface area contributed by atoms with Gasteiger partial charge < -0.3 is 20.9 Å². The van der Waals surface area contributed by atoms with Crippen LogP contribution in [0.15, 0.2) is 42.6 Å².